The molecule has 1 rings (SSSR count). The monoisotopic (exact) mass is 334 g/mol. The Morgan fingerprint density at radius 2 is 2.00 bits per heavy atom. The van der Waals surface area contributed by atoms with Crippen molar-refractivity contribution in [3.63, 3.8) is 0 Å². The summed E-state index contributed by atoms with van der Waals surface area (Å²) in [5.41, 5.74) is 0.957. The maximum atomic E-state index is 5.97. The topological polar surface area (TPSA) is 18.5 Å². The average molecular weight is 336 g/mol. The summed E-state index contributed by atoms with van der Waals surface area (Å²) < 4.78 is 11.4. The Balaban J connectivity index is 2.43. The SMILES string of the molecule is CC(C)(C)OCCOC(CBr)c1cccc(Cl)c1. The summed E-state index contributed by atoms with van der Waals surface area (Å²) in [5, 5.41) is 1.47. The molecular weight excluding hydrogens is 316 g/mol. The molecule has 0 amide bonds. The predicted molar refractivity (Wildman–Crippen MR) is 79.6 cm³/mol. The van der Waals surface area contributed by atoms with Gasteiger partial charge in [-0.05, 0) is 38.5 Å². The van der Waals surface area contributed by atoms with Crippen LogP contribution in [0.3, 0.4) is 0 Å². The van der Waals surface area contributed by atoms with Crippen LogP contribution in [-0.2, 0) is 9.47 Å². The third kappa shape index (κ3) is 6.19. The summed E-state index contributed by atoms with van der Waals surface area (Å²) in [7, 11) is 0. The van der Waals surface area contributed by atoms with Gasteiger partial charge in [-0.2, -0.15) is 0 Å². The highest BCUT2D eigenvalue weighted by molar-refractivity contribution is 9.09. The van der Waals surface area contributed by atoms with Gasteiger partial charge in [-0.1, -0.05) is 39.7 Å². The number of alkyl halides is 1. The first-order valence-electron chi connectivity index (χ1n) is 5.99. The van der Waals surface area contributed by atoms with Crippen molar-refractivity contribution < 1.29 is 9.47 Å². The molecule has 0 saturated carbocycles. The van der Waals surface area contributed by atoms with Crippen molar-refractivity contribution >= 4 is 27.5 Å². The first-order valence-corrected chi connectivity index (χ1v) is 7.49. The zero-order chi connectivity index (χ0) is 13.6. The number of ether oxygens (including phenoxy) is 2. The highest BCUT2D eigenvalue weighted by atomic mass is 79.9. The van der Waals surface area contributed by atoms with Gasteiger partial charge in [0.1, 0.15) is 0 Å². The van der Waals surface area contributed by atoms with E-state index >= 15 is 0 Å². The van der Waals surface area contributed by atoms with Crippen molar-refractivity contribution in [2.45, 2.75) is 32.5 Å². The number of rotatable bonds is 6. The molecule has 2 nitrogen and oxygen atoms in total. The van der Waals surface area contributed by atoms with Crippen molar-refractivity contribution in [1.82, 2.24) is 0 Å². The maximum absolute atomic E-state index is 5.97. The fourth-order valence-corrected chi connectivity index (χ4v) is 2.23. The number of hydrogen-bond donors (Lipinski definition) is 0. The van der Waals surface area contributed by atoms with Crippen molar-refractivity contribution in [2.24, 2.45) is 0 Å². The Morgan fingerprint density at radius 3 is 2.56 bits per heavy atom. The molecule has 0 aromatic heterocycles. The van der Waals surface area contributed by atoms with E-state index in [9.17, 15) is 0 Å². The van der Waals surface area contributed by atoms with E-state index in [2.05, 4.69) is 15.9 Å². The lowest BCUT2D eigenvalue weighted by Crippen LogP contribution is -2.22. The molecule has 0 bridgehead atoms. The van der Waals surface area contributed by atoms with E-state index in [4.69, 9.17) is 21.1 Å². The van der Waals surface area contributed by atoms with Gasteiger partial charge in [-0.15, -0.1) is 0 Å². The van der Waals surface area contributed by atoms with Gasteiger partial charge in [0, 0.05) is 10.4 Å². The minimum absolute atomic E-state index is 0.00673. The molecule has 0 radical (unpaired) electrons. The number of hydrogen-bond acceptors (Lipinski definition) is 2. The molecular formula is C14H20BrClO2. The fourth-order valence-electron chi connectivity index (χ4n) is 1.47. The van der Waals surface area contributed by atoms with Crippen LogP contribution >= 0.6 is 27.5 Å². The second-order valence-electron chi connectivity index (χ2n) is 5.03. The zero-order valence-electron chi connectivity index (χ0n) is 11.1. The lowest BCUT2D eigenvalue weighted by molar-refractivity contribution is -0.0480. The molecule has 0 N–H and O–H groups in total. The molecule has 102 valence electrons. The Hall–Kier alpha value is -0.0900. The number of benzene rings is 1. The first kappa shape index (κ1) is 16.0. The van der Waals surface area contributed by atoms with E-state index in [1.807, 2.05) is 45.0 Å². The summed E-state index contributed by atoms with van der Waals surface area (Å²) in [6, 6.07) is 7.74. The van der Waals surface area contributed by atoms with Crippen molar-refractivity contribution in [2.75, 3.05) is 18.5 Å². The van der Waals surface area contributed by atoms with Crippen LogP contribution in [0.15, 0.2) is 24.3 Å². The molecule has 0 aliphatic rings. The molecule has 0 spiro atoms. The fraction of sp³-hybridized carbons (Fsp3) is 0.571. The van der Waals surface area contributed by atoms with Crippen molar-refractivity contribution in [3.05, 3.63) is 34.9 Å². The second kappa shape index (κ2) is 7.49. The first-order chi connectivity index (χ1) is 8.42. The van der Waals surface area contributed by atoms with Crippen LogP contribution in [0.1, 0.15) is 32.4 Å². The number of halogens is 2. The van der Waals surface area contributed by atoms with E-state index in [0.717, 1.165) is 15.9 Å². The third-order valence-corrected chi connectivity index (χ3v) is 3.12. The Kier molecular flexibility index (Phi) is 6.64. The Labute approximate surface area is 123 Å². The third-order valence-electron chi connectivity index (χ3n) is 2.30. The van der Waals surface area contributed by atoms with E-state index < -0.39 is 0 Å². The molecule has 0 aliphatic carbocycles. The molecule has 0 heterocycles. The molecule has 0 aliphatic heterocycles. The smallest absolute Gasteiger partial charge is 0.0923 e. The minimum atomic E-state index is -0.122. The summed E-state index contributed by atoms with van der Waals surface area (Å²) in [4.78, 5) is 0. The maximum Gasteiger partial charge on any atom is 0.0923 e. The molecule has 1 atom stereocenters. The highest BCUT2D eigenvalue weighted by Gasteiger charge is 2.13. The Morgan fingerprint density at radius 1 is 1.28 bits per heavy atom. The van der Waals surface area contributed by atoms with Crippen LogP contribution < -0.4 is 0 Å². The summed E-state index contributed by atoms with van der Waals surface area (Å²) in [6.07, 6.45) is 0.00673. The molecule has 1 unspecified atom stereocenters. The summed E-state index contributed by atoms with van der Waals surface area (Å²) in [5.74, 6) is 0. The van der Waals surface area contributed by atoms with Crippen LogP contribution in [-0.4, -0.2) is 24.1 Å². The molecule has 1 aromatic carbocycles. The van der Waals surface area contributed by atoms with E-state index in [1.165, 1.54) is 0 Å². The van der Waals surface area contributed by atoms with Crippen molar-refractivity contribution in [1.29, 1.82) is 0 Å². The minimum Gasteiger partial charge on any atom is -0.373 e. The largest absolute Gasteiger partial charge is 0.373 e. The van der Waals surface area contributed by atoms with Gasteiger partial charge >= 0.3 is 0 Å². The van der Waals surface area contributed by atoms with Gasteiger partial charge in [0.15, 0.2) is 0 Å². The zero-order valence-corrected chi connectivity index (χ0v) is 13.4. The van der Waals surface area contributed by atoms with Gasteiger partial charge in [0.05, 0.1) is 24.9 Å². The standard InChI is InChI=1S/C14H20BrClO2/c1-14(2,3)18-8-7-17-13(10-15)11-5-4-6-12(16)9-11/h4-6,9,13H,7-8,10H2,1-3H3. The Bertz CT molecular complexity index is 363. The van der Waals surface area contributed by atoms with Crippen LogP contribution in [0.2, 0.25) is 5.02 Å². The average Bonchev–Trinajstić information content (AvgIpc) is 2.27. The van der Waals surface area contributed by atoms with Gasteiger partial charge in [0.25, 0.3) is 0 Å². The second-order valence-corrected chi connectivity index (χ2v) is 6.11. The molecule has 4 heteroatoms. The van der Waals surface area contributed by atoms with Crippen LogP contribution in [0, 0.1) is 0 Å². The molecule has 1 aromatic rings. The summed E-state index contributed by atoms with van der Waals surface area (Å²) >= 11 is 9.43. The van der Waals surface area contributed by atoms with Crippen molar-refractivity contribution in [3.8, 4) is 0 Å². The van der Waals surface area contributed by atoms with Crippen LogP contribution in [0.25, 0.3) is 0 Å². The van der Waals surface area contributed by atoms with Gasteiger partial charge < -0.3 is 9.47 Å². The van der Waals surface area contributed by atoms with E-state index in [0.29, 0.717) is 13.2 Å². The predicted octanol–water partition coefficient (Wildman–Crippen LogP) is 4.61. The van der Waals surface area contributed by atoms with Crippen LogP contribution in [0.5, 0.6) is 0 Å². The quantitative estimate of drug-likeness (QED) is 0.558. The van der Waals surface area contributed by atoms with E-state index in [-0.39, 0.29) is 11.7 Å². The van der Waals surface area contributed by atoms with Gasteiger partial charge in [-0.3, -0.25) is 0 Å². The summed E-state index contributed by atoms with van der Waals surface area (Å²) in [6.45, 7) is 7.26. The van der Waals surface area contributed by atoms with E-state index in [1.54, 1.807) is 0 Å². The normalized spacial score (nSPS) is 13.6. The van der Waals surface area contributed by atoms with Gasteiger partial charge in [0.2, 0.25) is 0 Å². The lowest BCUT2D eigenvalue weighted by atomic mass is 10.1. The molecule has 18 heavy (non-hydrogen) atoms. The lowest BCUT2D eigenvalue weighted by Gasteiger charge is -2.21. The highest BCUT2D eigenvalue weighted by Crippen LogP contribution is 2.22. The van der Waals surface area contributed by atoms with Gasteiger partial charge in [-0.25, -0.2) is 0 Å². The molecule has 0 fully saturated rings. The van der Waals surface area contributed by atoms with Crippen LogP contribution in [0.4, 0.5) is 0 Å². The molecule has 0 saturated heterocycles.